The molecule has 0 bridgehead atoms. The Hall–Kier alpha value is -0.920. The highest BCUT2D eigenvalue weighted by molar-refractivity contribution is 7.77. The Morgan fingerprint density at radius 1 is 1.53 bits per heavy atom. The zero-order valence-electron chi connectivity index (χ0n) is 8.84. The molecule has 0 saturated heterocycles. The van der Waals surface area contributed by atoms with Crippen molar-refractivity contribution in [3.05, 3.63) is 34.6 Å². The second kappa shape index (κ2) is 4.08. The van der Waals surface area contributed by atoms with Gasteiger partial charge in [-0.25, -0.2) is 22.1 Å². The zero-order chi connectivity index (χ0) is 12.8. The summed E-state index contributed by atoms with van der Waals surface area (Å²) >= 11 is -2.55. The van der Waals surface area contributed by atoms with E-state index in [0.29, 0.717) is 5.56 Å². The van der Waals surface area contributed by atoms with E-state index in [4.69, 9.17) is 4.55 Å². The summed E-state index contributed by atoms with van der Waals surface area (Å²) in [4.78, 5) is 0. The van der Waals surface area contributed by atoms with Gasteiger partial charge < -0.3 is 0 Å². The van der Waals surface area contributed by atoms with E-state index in [0.717, 1.165) is 12.1 Å². The first-order valence-corrected chi connectivity index (χ1v) is 5.95. The Bertz CT molecular complexity index is 493. The summed E-state index contributed by atoms with van der Waals surface area (Å²) < 4.78 is 61.6. The molecule has 1 aliphatic carbocycles. The molecule has 0 fully saturated rings. The molecule has 1 aromatic rings. The molecule has 2 atom stereocenters. The van der Waals surface area contributed by atoms with Crippen LogP contribution in [0.15, 0.2) is 12.1 Å². The molecule has 3 nitrogen and oxygen atoms in total. The van der Waals surface area contributed by atoms with Crippen LogP contribution in [-0.4, -0.2) is 14.7 Å². The van der Waals surface area contributed by atoms with Gasteiger partial charge in [0.25, 0.3) is 5.92 Å². The summed E-state index contributed by atoms with van der Waals surface area (Å²) in [5.74, 6) is -3.78. The largest absolute Gasteiger partial charge is 0.294 e. The van der Waals surface area contributed by atoms with Crippen molar-refractivity contribution in [1.29, 1.82) is 0 Å². The van der Waals surface area contributed by atoms with Crippen molar-refractivity contribution in [2.24, 2.45) is 0 Å². The van der Waals surface area contributed by atoms with Crippen molar-refractivity contribution in [1.82, 2.24) is 4.72 Å². The van der Waals surface area contributed by atoms with E-state index in [1.54, 1.807) is 0 Å². The summed E-state index contributed by atoms with van der Waals surface area (Å²) in [7, 11) is 0. The first kappa shape index (κ1) is 12.5. The minimum Gasteiger partial charge on any atom is -0.294 e. The monoisotopic (exact) mass is 265 g/mol. The quantitative estimate of drug-likeness (QED) is 0.804. The van der Waals surface area contributed by atoms with Crippen LogP contribution in [0.25, 0.3) is 0 Å². The van der Waals surface area contributed by atoms with E-state index in [1.807, 2.05) is 4.72 Å². The van der Waals surface area contributed by atoms with Gasteiger partial charge in [-0.2, -0.15) is 0 Å². The molecule has 7 heteroatoms. The van der Waals surface area contributed by atoms with E-state index in [2.05, 4.69) is 0 Å². The second-order valence-corrected chi connectivity index (χ2v) is 4.77. The standard InChI is InChI=1S/C10H10F3NO2S/c1-5-2-7(11)3-6-4-10(12,13)9(8(5)6)14-17(15)16/h2-3,9,14H,4H2,1H3,(H,15,16)/t9-/m0/s1. The smallest absolute Gasteiger partial charge is 0.272 e. The lowest BCUT2D eigenvalue weighted by molar-refractivity contribution is -0.0189. The molecular weight excluding hydrogens is 255 g/mol. The normalized spacial score (nSPS) is 23.5. The minimum atomic E-state index is -3.20. The van der Waals surface area contributed by atoms with Crippen LogP contribution in [0, 0.1) is 12.7 Å². The lowest BCUT2D eigenvalue weighted by Gasteiger charge is -2.20. The summed E-state index contributed by atoms with van der Waals surface area (Å²) in [5, 5.41) is 0. The number of hydrogen-bond acceptors (Lipinski definition) is 1. The summed E-state index contributed by atoms with van der Waals surface area (Å²) in [5.41, 5.74) is 0.731. The number of alkyl halides is 2. The van der Waals surface area contributed by atoms with Gasteiger partial charge in [-0.3, -0.25) is 4.55 Å². The van der Waals surface area contributed by atoms with Crippen LogP contribution in [0.5, 0.6) is 0 Å². The maximum Gasteiger partial charge on any atom is 0.272 e. The van der Waals surface area contributed by atoms with Crippen molar-refractivity contribution in [3.63, 3.8) is 0 Å². The molecule has 1 unspecified atom stereocenters. The molecule has 0 saturated carbocycles. The first-order chi connectivity index (χ1) is 7.81. The molecule has 94 valence electrons. The van der Waals surface area contributed by atoms with Crippen molar-refractivity contribution in [3.8, 4) is 0 Å². The van der Waals surface area contributed by atoms with E-state index in [1.165, 1.54) is 6.92 Å². The number of nitrogens with one attached hydrogen (secondary N) is 1. The highest BCUT2D eigenvalue weighted by atomic mass is 32.2. The van der Waals surface area contributed by atoms with Crippen molar-refractivity contribution < 1.29 is 21.9 Å². The van der Waals surface area contributed by atoms with Crippen molar-refractivity contribution in [2.45, 2.75) is 25.3 Å². The lowest BCUT2D eigenvalue weighted by atomic mass is 10.0. The summed E-state index contributed by atoms with van der Waals surface area (Å²) in [6, 6.07) is 0.622. The molecule has 2 rings (SSSR count). The second-order valence-electron chi connectivity index (χ2n) is 4.03. The van der Waals surface area contributed by atoms with Crippen LogP contribution in [0.1, 0.15) is 22.7 Å². The first-order valence-electron chi connectivity index (χ1n) is 4.85. The third-order valence-electron chi connectivity index (χ3n) is 2.79. The predicted octanol–water partition coefficient (Wildman–Crippen LogP) is 2.09. The van der Waals surface area contributed by atoms with Gasteiger partial charge in [0, 0.05) is 6.42 Å². The molecule has 0 spiro atoms. The Morgan fingerprint density at radius 3 is 2.76 bits per heavy atom. The van der Waals surface area contributed by atoms with E-state index in [9.17, 15) is 17.4 Å². The van der Waals surface area contributed by atoms with E-state index >= 15 is 0 Å². The Kier molecular flexibility index (Phi) is 3.01. The molecule has 2 N–H and O–H groups in total. The molecule has 17 heavy (non-hydrogen) atoms. The molecule has 0 heterocycles. The number of hydrogen-bond donors (Lipinski definition) is 2. The number of benzene rings is 1. The average Bonchev–Trinajstić information content (AvgIpc) is 2.36. The Balaban J connectivity index is 2.51. The fraction of sp³-hybridized carbons (Fsp3) is 0.400. The van der Waals surface area contributed by atoms with Gasteiger partial charge in [-0.1, -0.05) is 0 Å². The summed E-state index contributed by atoms with van der Waals surface area (Å²) in [6.07, 6.45) is -0.629. The van der Waals surface area contributed by atoms with Crippen LogP contribution >= 0.6 is 0 Å². The third-order valence-corrected chi connectivity index (χ3v) is 3.23. The Labute approximate surface area is 98.4 Å². The topological polar surface area (TPSA) is 49.3 Å². The molecule has 1 aromatic carbocycles. The zero-order valence-corrected chi connectivity index (χ0v) is 9.65. The van der Waals surface area contributed by atoms with Crippen LogP contribution in [0.2, 0.25) is 0 Å². The van der Waals surface area contributed by atoms with Crippen molar-refractivity contribution >= 4 is 11.3 Å². The predicted molar refractivity (Wildman–Crippen MR) is 56.4 cm³/mol. The van der Waals surface area contributed by atoms with Gasteiger partial charge in [0.05, 0.1) is 0 Å². The molecule has 0 radical (unpaired) electrons. The van der Waals surface area contributed by atoms with Crippen LogP contribution < -0.4 is 4.72 Å². The fourth-order valence-electron chi connectivity index (χ4n) is 2.20. The number of aryl methyl sites for hydroxylation is 1. The maximum absolute atomic E-state index is 13.6. The van der Waals surface area contributed by atoms with Gasteiger partial charge in [0.1, 0.15) is 11.9 Å². The Morgan fingerprint density at radius 2 is 2.18 bits per heavy atom. The highest BCUT2D eigenvalue weighted by Gasteiger charge is 2.49. The van der Waals surface area contributed by atoms with Gasteiger partial charge in [-0.15, -0.1) is 0 Å². The van der Waals surface area contributed by atoms with Gasteiger partial charge >= 0.3 is 0 Å². The number of fused-ring (bicyclic) bond motifs is 1. The molecule has 0 aliphatic heterocycles. The fourth-order valence-corrected chi connectivity index (χ4v) is 2.69. The van der Waals surface area contributed by atoms with E-state index in [-0.39, 0.29) is 11.1 Å². The highest BCUT2D eigenvalue weighted by Crippen LogP contribution is 2.44. The van der Waals surface area contributed by atoms with E-state index < -0.39 is 35.5 Å². The van der Waals surface area contributed by atoms with Gasteiger partial charge in [-0.05, 0) is 35.7 Å². The SMILES string of the molecule is Cc1cc(F)cc2c1[C@H](NS(=O)O)C(F)(F)C2. The minimum absolute atomic E-state index is 0.176. The maximum atomic E-state index is 13.6. The third kappa shape index (κ3) is 2.22. The lowest BCUT2D eigenvalue weighted by Crippen LogP contribution is -2.35. The van der Waals surface area contributed by atoms with Gasteiger partial charge in [0.15, 0.2) is 0 Å². The van der Waals surface area contributed by atoms with Crippen LogP contribution in [0.4, 0.5) is 13.2 Å². The molecule has 0 aromatic heterocycles. The average molecular weight is 265 g/mol. The van der Waals surface area contributed by atoms with Crippen LogP contribution in [-0.2, 0) is 17.7 Å². The number of rotatable bonds is 2. The molecular formula is C10H10F3NO2S. The van der Waals surface area contributed by atoms with Crippen LogP contribution in [0.3, 0.4) is 0 Å². The van der Waals surface area contributed by atoms with Gasteiger partial charge in [0.2, 0.25) is 11.3 Å². The van der Waals surface area contributed by atoms with Crippen molar-refractivity contribution in [2.75, 3.05) is 0 Å². The molecule has 1 aliphatic rings. The molecule has 0 amide bonds. The number of halogens is 3. The summed E-state index contributed by atoms with van der Waals surface area (Å²) in [6.45, 7) is 1.50.